The van der Waals surface area contributed by atoms with Crippen molar-refractivity contribution in [2.75, 3.05) is 5.32 Å². The Balaban J connectivity index is 1.63. The van der Waals surface area contributed by atoms with Gasteiger partial charge in [-0.2, -0.15) is 0 Å². The quantitative estimate of drug-likeness (QED) is 0.212. The van der Waals surface area contributed by atoms with Crippen LogP contribution in [0.15, 0.2) is 82.7 Å². The number of thioether (sulfide) groups is 1. The van der Waals surface area contributed by atoms with Gasteiger partial charge in [0.25, 0.3) is 5.56 Å². The van der Waals surface area contributed by atoms with Crippen LogP contribution < -0.4 is 10.9 Å². The van der Waals surface area contributed by atoms with Gasteiger partial charge in [-0.1, -0.05) is 53.7 Å². The smallest absolute Gasteiger partial charge is 0.262 e. The topological polar surface area (TPSA) is 81.1 Å². The summed E-state index contributed by atoms with van der Waals surface area (Å²) in [6.07, 6.45) is 0. The molecule has 6 nitrogen and oxygen atoms in total. The van der Waals surface area contributed by atoms with Gasteiger partial charge < -0.3 is 5.32 Å². The number of fused-ring (bicyclic) bond motifs is 1. The Bertz CT molecular complexity index is 1430. The van der Waals surface area contributed by atoms with Crippen LogP contribution in [0.1, 0.15) is 29.8 Å². The fourth-order valence-corrected chi connectivity index (χ4v) is 4.52. The Labute approximate surface area is 206 Å². The van der Waals surface area contributed by atoms with E-state index in [4.69, 9.17) is 11.6 Å². The molecule has 3 aromatic carbocycles. The van der Waals surface area contributed by atoms with E-state index >= 15 is 0 Å². The number of amides is 1. The number of aromatic nitrogens is 2. The molecule has 0 aliphatic heterocycles. The number of nitrogens with zero attached hydrogens (tertiary/aromatic N) is 2. The first-order valence-corrected chi connectivity index (χ1v) is 11.9. The summed E-state index contributed by atoms with van der Waals surface area (Å²) in [5.74, 6) is -0.284. The van der Waals surface area contributed by atoms with Gasteiger partial charge in [-0.25, -0.2) is 4.98 Å². The summed E-state index contributed by atoms with van der Waals surface area (Å²) in [6.45, 7) is 3.48. The Morgan fingerprint density at radius 1 is 1.03 bits per heavy atom. The van der Waals surface area contributed by atoms with Crippen LogP contribution in [0.4, 0.5) is 5.69 Å². The number of nitrogens with one attached hydrogen (secondary N) is 1. The summed E-state index contributed by atoms with van der Waals surface area (Å²) in [7, 11) is 0. The minimum Gasteiger partial charge on any atom is -0.325 e. The van der Waals surface area contributed by atoms with Gasteiger partial charge in [-0.05, 0) is 61.9 Å². The maximum Gasteiger partial charge on any atom is 0.262 e. The van der Waals surface area contributed by atoms with Gasteiger partial charge in [0, 0.05) is 16.3 Å². The summed E-state index contributed by atoms with van der Waals surface area (Å²) in [5, 5.41) is 3.79. The molecule has 34 heavy (non-hydrogen) atoms. The van der Waals surface area contributed by atoms with E-state index in [1.807, 2.05) is 24.3 Å². The lowest BCUT2D eigenvalue weighted by atomic mass is 10.1. The van der Waals surface area contributed by atoms with E-state index < -0.39 is 5.25 Å². The fraction of sp³-hybridized carbons (Fsp3) is 0.154. The summed E-state index contributed by atoms with van der Waals surface area (Å²) in [6, 6.07) is 21.2. The monoisotopic (exact) mass is 491 g/mol. The average Bonchev–Trinajstić information content (AvgIpc) is 2.83. The Kier molecular flexibility index (Phi) is 7.14. The van der Waals surface area contributed by atoms with Crippen molar-refractivity contribution < 1.29 is 9.59 Å². The van der Waals surface area contributed by atoms with Gasteiger partial charge in [0.2, 0.25) is 5.91 Å². The highest BCUT2D eigenvalue weighted by molar-refractivity contribution is 8.00. The van der Waals surface area contributed by atoms with Crippen LogP contribution in [0.2, 0.25) is 5.02 Å². The molecule has 0 bridgehead atoms. The molecular formula is C26H22ClN3O3S. The fourth-order valence-electron chi connectivity index (χ4n) is 3.42. The van der Waals surface area contributed by atoms with Crippen molar-refractivity contribution in [1.29, 1.82) is 0 Å². The van der Waals surface area contributed by atoms with Crippen LogP contribution in [0.5, 0.6) is 0 Å². The van der Waals surface area contributed by atoms with E-state index in [1.165, 1.54) is 18.7 Å². The molecule has 1 unspecified atom stereocenters. The highest BCUT2D eigenvalue weighted by Crippen LogP contribution is 2.25. The standard InChI is InChI=1S/C26H22ClN3O3S/c1-16(31)18-11-13-20(14-12-18)28-24(32)17(2)34-26-29-23-10-6-4-8-21(23)25(33)30(26)15-19-7-3-5-9-22(19)27/h3-14,17H,15H2,1-2H3,(H,28,32). The molecule has 0 aliphatic carbocycles. The second-order valence-electron chi connectivity index (χ2n) is 7.78. The third-order valence-electron chi connectivity index (χ3n) is 5.32. The number of para-hydroxylation sites is 1. The zero-order chi connectivity index (χ0) is 24.2. The molecule has 1 atom stereocenters. The molecule has 0 saturated heterocycles. The Hall–Kier alpha value is -3.42. The van der Waals surface area contributed by atoms with Gasteiger partial charge in [0.1, 0.15) is 0 Å². The van der Waals surface area contributed by atoms with Crippen LogP contribution in [0.3, 0.4) is 0 Å². The number of Topliss-reactive ketones (excluding diaryl/α,β-unsaturated/α-hetero) is 1. The van der Waals surface area contributed by atoms with Crippen LogP contribution in [-0.2, 0) is 11.3 Å². The molecule has 4 rings (SSSR count). The van der Waals surface area contributed by atoms with Crippen LogP contribution in [-0.4, -0.2) is 26.5 Å². The lowest BCUT2D eigenvalue weighted by Crippen LogP contribution is -2.27. The number of hydrogen-bond donors (Lipinski definition) is 1. The Morgan fingerprint density at radius 2 is 1.71 bits per heavy atom. The zero-order valence-corrected chi connectivity index (χ0v) is 20.2. The highest BCUT2D eigenvalue weighted by Gasteiger charge is 2.20. The second-order valence-corrected chi connectivity index (χ2v) is 9.49. The largest absolute Gasteiger partial charge is 0.325 e. The van der Waals surface area contributed by atoms with E-state index in [0.717, 1.165) is 5.56 Å². The number of rotatable bonds is 7. The maximum atomic E-state index is 13.3. The first-order chi connectivity index (χ1) is 16.3. The van der Waals surface area contributed by atoms with Crippen LogP contribution in [0.25, 0.3) is 10.9 Å². The predicted octanol–water partition coefficient (Wildman–Crippen LogP) is 5.42. The molecule has 1 heterocycles. The minimum atomic E-state index is -0.543. The predicted molar refractivity (Wildman–Crippen MR) is 137 cm³/mol. The first kappa shape index (κ1) is 23.7. The van der Waals surface area contributed by atoms with Crippen molar-refractivity contribution in [3.8, 4) is 0 Å². The molecule has 0 spiro atoms. The third kappa shape index (κ3) is 5.21. The number of carbonyl (C=O) groups is 2. The van der Waals surface area contributed by atoms with Crippen LogP contribution >= 0.6 is 23.4 Å². The van der Waals surface area contributed by atoms with Crippen molar-refractivity contribution >= 4 is 51.6 Å². The van der Waals surface area contributed by atoms with E-state index in [0.29, 0.717) is 32.3 Å². The number of hydrogen-bond acceptors (Lipinski definition) is 5. The second kappa shape index (κ2) is 10.2. The molecule has 172 valence electrons. The highest BCUT2D eigenvalue weighted by atomic mass is 35.5. The molecule has 0 radical (unpaired) electrons. The number of carbonyl (C=O) groups excluding carboxylic acids is 2. The number of anilines is 1. The minimum absolute atomic E-state index is 0.0410. The lowest BCUT2D eigenvalue weighted by Gasteiger charge is -2.17. The number of halogens is 1. The SMILES string of the molecule is CC(=O)c1ccc(NC(=O)C(C)Sc2nc3ccccc3c(=O)n2Cc2ccccc2Cl)cc1. The normalized spacial score (nSPS) is 11.9. The molecular weight excluding hydrogens is 470 g/mol. The molecule has 1 N–H and O–H groups in total. The van der Waals surface area contributed by atoms with Gasteiger partial charge in [0.05, 0.1) is 22.7 Å². The summed E-state index contributed by atoms with van der Waals surface area (Å²) < 4.78 is 1.56. The number of benzene rings is 3. The van der Waals surface area contributed by atoms with Crippen molar-refractivity contribution in [1.82, 2.24) is 9.55 Å². The van der Waals surface area contributed by atoms with Gasteiger partial charge >= 0.3 is 0 Å². The van der Waals surface area contributed by atoms with E-state index in [1.54, 1.807) is 60.0 Å². The number of ketones is 1. The van der Waals surface area contributed by atoms with Crippen molar-refractivity contribution in [2.24, 2.45) is 0 Å². The van der Waals surface area contributed by atoms with E-state index in [2.05, 4.69) is 10.3 Å². The maximum absolute atomic E-state index is 13.3. The van der Waals surface area contributed by atoms with Gasteiger partial charge in [-0.3, -0.25) is 19.0 Å². The summed E-state index contributed by atoms with van der Waals surface area (Å²) >= 11 is 7.55. The van der Waals surface area contributed by atoms with Crippen molar-refractivity contribution in [2.45, 2.75) is 30.8 Å². The average molecular weight is 492 g/mol. The molecule has 0 fully saturated rings. The van der Waals surface area contributed by atoms with E-state index in [9.17, 15) is 14.4 Å². The Morgan fingerprint density at radius 3 is 2.41 bits per heavy atom. The van der Waals surface area contributed by atoms with Gasteiger partial charge in [-0.15, -0.1) is 0 Å². The van der Waals surface area contributed by atoms with E-state index in [-0.39, 0.29) is 23.8 Å². The summed E-state index contributed by atoms with van der Waals surface area (Å²) in [5.41, 5.74) is 2.32. The third-order valence-corrected chi connectivity index (χ3v) is 6.78. The molecule has 0 saturated carbocycles. The van der Waals surface area contributed by atoms with Gasteiger partial charge in [0.15, 0.2) is 10.9 Å². The van der Waals surface area contributed by atoms with Crippen molar-refractivity contribution in [3.05, 3.63) is 99.3 Å². The lowest BCUT2D eigenvalue weighted by molar-refractivity contribution is -0.115. The molecule has 1 amide bonds. The van der Waals surface area contributed by atoms with Crippen molar-refractivity contribution in [3.63, 3.8) is 0 Å². The first-order valence-electron chi connectivity index (χ1n) is 10.6. The zero-order valence-electron chi connectivity index (χ0n) is 18.6. The molecule has 0 aliphatic rings. The molecule has 1 aromatic heterocycles. The molecule has 4 aromatic rings. The molecule has 8 heteroatoms. The van der Waals surface area contributed by atoms with Crippen LogP contribution in [0, 0.1) is 0 Å². The summed E-state index contributed by atoms with van der Waals surface area (Å²) in [4.78, 5) is 42.4.